The molecule has 1 aromatic heterocycles. The molecule has 2 atom stereocenters. The van der Waals surface area contributed by atoms with Crippen molar-refractivity contribution in [3.8, 4) is 0 Å². The van der Waals surface area contributed by atoms with Gasteiger partial charge in [-0.2, -0.15) is 18.3 Å². The maximum absolute atomic E-state index is 12.1. The van der Waals surface area contributed by atoms with Crippen molar-refractivity contribution in [1.29, 1.82) is 0 Å². The van der Waals surface area contributed by atoms with Crippen molar-refractivity contribution in [2.75, 3.05) is 0 Å². The summed E-state index contributed by atoms with van der Waals surface area (Å²) in [6.07, 6.45) is 1.04. The number of rotatable bonds is 5. The number of nitrogens with one attached hydrogen (secondary N) is 1. The second kappa shape index (κ2) is 6.16. The third-order valence-corrected chi connectivity index (χ3v) is 3.96. The molecule has 0 bridgehead atoms. The highest BCUT2D eigenvalue weighted by Crippen LogP contribution is 2.30. The van der Waals surface area contributed by atoms with Gasteiger partial charge < -0.3 is 5.32 Å². The van der Waals surface area contributed by atoms with Gasteiger partial charge in [0, 0.05) is 36.8 Å². The van der Waals surface area contributed by atoms with Crippen LogP contribution in [0.1, 0.15) is 56.3 Å². The molecule has 20 heavy (non-hydrogen) atoms. The predicted octanol–water partition coefficient (Wildman–Crippen LogP) is 3.51. The monoisotopic (exact) mass is 289 g/mol. The van der Waals surface area contributed by atoms with Gasteiger partial charge in [-0.1, -0.05) is 0 Å². The molecule has 2 rings (SSSR count). The van der Waals surface area contributed by atoms with E-state index >= 15 is 0 Å². The summed E-state index contributed by atoms with van der Waals surface area (Å²) in [6, 6.07) is 0.321. The summed E-state index contributed by atoms with van der Waals surface area (Å²) in [5.74, 6) is 0. The fraction of sp³-hybridized carbons (Fsp3) is 0.786. The average Bonchev–Trinajstić information content (AvgIpc) is 2.71. The van der Waals surface area contributed by atoms with Gasteiger partial charge in [0.05, 0.1) is 6.20 Å². The first-order valence-corrected chi connectivity index (χ1v) is 7.20. The van der Waals surface area contributed by atoms with E-state index in [9.17, 15) is 13.2 Å². The molecule has 1 aliphatic carbocycles. The van der Waals surface area contributed by atoms with Gasteiger partial charge in [0.25, 0.3) is 0 Å². The Balaban J connectivity index is 1.85. The molecular weight excluding hydrogens is 267 g/mol. The highest BCUT2D eigenvalue weighted by Gasteiger charge is 2.27. The highest BCUT2D eigenvalue weighted by atomic mass is 19.4. The van der Waals surface area contributed by atoms with E-state index in [0.29, 0.717) is 6.42 Å². The Morgan fingerprint density at radius 2 is 2.25 bits per heavy atom. The van der Waals surface area contributed by atoms with E-state index in [2.05, 4.69) is 10.4 Å². The predicted molar refractivity (Wildman–Crippen MR) is 71.4 cm³/mol. The lowest BCUT2D eigenvalue weighted by Gasteiger charge is -2.27. The van der Waals surface area contributed by atoms with Crippen molar-refractivity contribution < 1.29 is 13.2 Å². The summed E-state index contributed by atoms with van der Waals surface area (Å²) in [6.45, 7) is 1.96. The largest absolute Gasteiger partial charge is 0.389 e. The minimum atomic E-state index is -4.04. The van der Waals surface area contributed by atoms with Crippen LogP contribution < -0.4 is 5.32 Å². The molecule has 1 N–H and O–H groups in total. The van der Waals surface area contributed by atoms with Crippen molar-refractivity contribution in [3.63, 3.8) is 0 Å². The van der Waals surface area contributed by atoms with Crippen LogP contribution in [0.5, 0.6) is 0 Å². The topological polar surface area (TPSA) is 29.9 Å². The molecule has 1 aromatic rings. The normalized spacial score (nSPS) is 20.8. The molecule has 3 nitrogen and oxygen atoms in total. The van der Waals surface area contributed by atoms with Crippen molar-refractivity contribution in [2.24, 2.45) is 7.05 Å². The molecule has 0 saturated heterocycles. The van der Waals surface area contributed by atoms with E-state index < -0.39 is 12.6 Å². The van der Waals surface area contributed by atoms with Gasteiger partial charge in [-0.3, -0.25) is 4.68 Å². The first-order chi connectivity index (χ1) is 9.37. The molecule has 1 heterocycles. The summed E-state index contributed by atoms with van der Waals surface area (Å²) < 4.78 is 38.3. The van der Waals surface area contributed by atoms with Crippen molar-refractivity contribution in [1.82, 2.24) is 15.1 Å². The van der Waals surface area contributed by atoms with Gasteiger partial charge in [-0.15, -0.1) is 0 Å². The molecule has 0 radical (unpaired) electrons. The lowest BCUT2D eigenvalue weighted by Crippen LogP contribution is -2.32. The van der Waals surface area contributed by atoms with E-state index in [1.165, 1.54) is 11.3 Å². The van der Waals surface area contributed by atoms with Crippen molar-refractivity contribution in [2.45, 2.75) is 63.7 Å². The SMILES string of the molecule is CC(CCCC(F)(F)F)NC1CCCc2c1cnn2C. The smallest absolute Gasteiger partial charge is 0.307 e. The second-order valence-electron chi connectivity index (χ2n) is 5.69. The maximum atomic E-state index is 12.1. The first kappa shape index (κ1) is 15.4. The minimum absolute atomic E-state index is 0.0912. The van der Waals surface area contributed by atoms with E-state index in [4.69, 9.17) is 0 Å². The van der Waals surface area contributed by atoms with Gasteiger partial charge >= 0.3 is 6.18 Å². The van der Waals surface area contributed by atoms with Crippen LogP contribution in [-0.4, -0.2) is 22.0 Å². The van der Waals surface area contributed by atoms with E-state index in [-0.39, 0.29) is 18.5 Å². The Morgan fingerprint density at radius 1 is 1.50 bits per heavy atom. The molecule has 0 aromatic carbocycles. The zero-order valence-electron chi connectivity index (χ0n) is 12.0. The lowest BCUT2D eigenvalue weighted by atomic mass is 9.92. The molecule has 6 heteroatoms. The van der Waals surface area contributed by atoms with E-state index in [1.807, 2.05) is 24.9 Å². The summed E-state index contributed by atoms with van der Waals surface area (Å²) in [4.78, 5) is 0. The standard InChI is InChI=1S/C14H22F3N3/c1-10(5-4-8-14(15,16)17)19-12-6-3-7-13-11(12)9-18-20(13)2/h9-10,12,19H,3-8H2,1-2H3. The average molecular weight is 289 g/mol. The Hall–Kier alpha value is -1.04. The van der Waals surface area contributed by atoms with Gasteiger partial charge in [-0.25, -0.2) is 0 Å². The van der Waals surface area contributed by atoms with Crippen LogP contribution in [0.4, 0.5) is 13.2 Å². The zero-order valence-corrected chi connectivity index (χ0v) is 12.0. The molecule has 1 aliphatic rings. The quantitative estimate of drug-likeness (QED) is 0.899. The fourth-order valence-corrected chi connectivity index (χ4v) is 2.91. The molecular formula is C14H22F3N3. The van der Waals surface area contributed by atoms with Gasteiger partial charge in [0.1, 0.15) is 0 Å². The number of alkyl halides is 3. The van der Waals surface area contributed by atoms with E-state index in [1.54, 1.807) is 0 Å². The highest BCUT2D eigenvalue weighted by molar-refractivity contribution is 5.24. The first-order valence-electron chi connectivity index (χ1n) is 7.20. The Kier molecular flexibility index (Phi) is 4.73. The third-order valence-electron chi connectivity index (χ3n) is 3.96. The number of halogens is 3. The van der Waals surface area contributed by atoms with E-state index in [0.717, 1.165) is 19.3 Å². The van der Waals surface area contributed by atoms with Gasteiger partial charge in [0.15, 0.2) is 0 Å². The fourth-order valence-electron chi connectivity index (χ4n) is 2.91. The van der Waals surface area contributed by atoms with Crippen molar-refractivity contribution in [3.05, 3.63) is 17.5 Å². The molecule has 0 fully saturated rings. The minimum Gasteiger partial charge on any atom is -0.307 e. The molecule has 0 amide bonds. The van der Waals surface area contributed by atoms with Crippen molar-refractivity contribution >= 4 is 0 Å². The number of hydrogen-bond acceptors (Lipinski definition) is 2. The number of aromatic nitrogens is 2. The Bertz CT molecular complexity index is 439. The summed E-state index contributed by atoms with van der Waals surface area (Å²) in [7, 11) is 1.94. The number of fused-ring (bicyclic) bond motifs is 1. The Labute approximate surface area is 117 Å². The molecule has 2 unspecified atom stereocenters. The number of hydrogen-bond donors (Lipinski definition) is 1. The Morgan fingerprint density at radius 3 is 2.95 bits per heavy atom. The summed E-state index contributed by atoms with van der Waals surface area (Å²) >= 11 is 0. The third kappa shape index (κ3) is 3.98. The van der Waals surface area contributed by atoms with Crippen LogP contribution in [0.15, 0.2) is 6.20 Å². The number of aryl methyl sites for hydroxylation is 1. The lowest BCUT2D eigenvalue weighted by molar-refractivity contribution is -0.135. The van der Waals surface area contributed by atoms with Gasteiger partial charge in [0.2, 0.25) is 0 Å². The van der Waals surface area contributed by atoms with Crippen LogP contribution in [0.3, 0.4) is 0 Å². The summed E-state index contributed by atoms with van der Waals surface area (Å²) in [5.41, 5.74) is 2.46. The number of nitrogens with zero attached hydrogens (tertiary/aromatic N) is 2. The van der Waals surface area contributed by atoms with Crippen LogP contribution in [0, 0.1) is 0 Å². The molecule has 114 valence electrons. The maximum Gasteiger partial charge on any atom is 0.389 e. The molecule has 0 saturated carbocycles. The molecule has 0 aliphatic heterocycles. The van der Waals surface area contributed by atoms with Crippen LogP contribution in [0.2, 0.25) is 0 Å². The van der Waals surface area contributed by atoms with Gasteiger partial charge in [-0.05, 0) is 39.0 Å². The second-order valence-corrected chi connectivity index (χ2v) is 5.69. The van der Waals surface area contributed by atoms with Crippen LogP contribution >= 0.6 is 0 Å². The van der Waals surface area contributed by atoms with Crippen LogP contribution in [0.25, 0.3) is 0 Å². The zero-order chi connectivity index (χ0) is 14.8. The molecule has 0 spiro atoms. The summed E-state index contributed by atoms with van der Waals surface area (Å²) in [5, 5.41) is 7.73. The van der Waals surface area contributed by atoms with Crippen LogP contribution in [-0.2, 0) is 13.5 Å².